The second kappa shape index (κ2) is 13.4. The van der Waals surface area contributed by atoms with E-state index in [0.29, 0.717) is 75.5 Å². The minimum Gasteiger partial charge on any atom is -0.497 e. The fourth-order valence-corrected chi connectivity index (χ4v) is 5.94. The monoisotopic (exact) mass is 638 g/mol. The Labute approximate surface area is 272 Å². The van der Waals surface area contributed by atoms with Gasteiger partial charge in [0.15, 0.2) is 28.8 Å². The Balaban J connectivity index is 1.37. The molecule has 0 fully saturated rings. The molecule has 4 aromatic rings. The van der Waals surface area contributed by atoms with Crippen LogP contribution in [0.1, 0.15) is 45.0 Å². The summed E-state index contributed by atoms with van der Waals surface area (Å²) in [5.41, 5.74) is 3.26. The highest BCUT2D eigenvalue weighted by Gasteiger charge is 2.40. The van der Waals surface area contributed by atoms with E-state index in [1.807, 2.05) is 36.4 Å². The van der Waals surface area contributed by atoms with E-state index in [1.54, 1.807) is 50.6 Å². The molecule has 47 heavy (non-hydrogen) atoms. The number of carbonyl (C=O) groups is 2. The number of benzene rings is 4. The summed E-state index contributed by atoms with van der Waals surface area (Å²) < 4.78 is 45.8. The number of para-hydroxylation sites is 1. The van der Waals surface area contributed by atoms with E-state index in [2.05, 4.69) is 0 Å². The van der Waals surface area contributed by atoms with E-state index in [-0.39, 0.29) is 18.0 Å². The largest absolute Gasteiger partial charge is 0.497 e. The van der Waals surface area contributed by atoms with Crippen LogP contribution in [-0.2, 0) is 11.2 Å². The Morgan fingerprint density at radius 1 is 0.745 bits per heavy atom. The zero-order valence-electron chi connectivity index (χ0n) is 26.7. The lowest BCUT2D eigenvalue weighted by Crippen LogP contribution is -2.22. The third-order valence-corrected chi connectivity index (χ3v) is 8.20. The fourth-order valence-electron chi connectivity index (χ4n) is 5.94. The van der Waals surface area contributed by atoms with Gasteiger partial charge in [-0.15, -0.1) is 0 Å². The number of Topliss-reactive ketones (excluding diaryl/α,β-unsaturated/α-hetero) is 1. The molecule has 0 aliphatic carbocycles. The van der Waals surface area contributed by atoms with Crippen molar-refractivity contribution < 1.29 is 47.5 Å². The van der Waals surface area contributed by atoms with Crippen molar-refractivity contribution in [2.75, 3.05) is 42.2 Å². The van der Waals surface area contributed by atoms with Gasteiger partial charge in [0.2, 0.25) is 11.5 Å². The topological polar surface area (TPSA) is 108 Å². The first-order valence-electron chi connectivity index (χ1n) is 14.9. The molecule has 0 aromatic heterocycles. The third kappa shape index (κ3) is 5.90. The Kier molecular flexibility index (Phi) is 8.92. The Bertz CT molecular complexity index is 1860. The zero-order valence-corrected chi connectivity index (χ0v) is 26.7. The number of fused-ring (bicyclic) bond motifs is 3. The quantitative estimate of drug-likeness (QED) is 0.104. The summed E-state index contributed by atoms with van der Waals surface area (Å²) in [5, 5.41) is 0. The lowest BCUT2D eigenvalue weighted by atomic mass is 9.84. The Morgan fingerprint density at radius 3 is 2.19 bits per heavy atom. The molecule has 1 unspecified atom stereocenters. The number of rotatable bonds is 11. The van der Waals surface area contributed by atoms with E-state index in [1.165, 1.54) is 21.3 Å². The van der Waals surface area contributed by atoms with Crippen LogP contribution in [0.3, 0.4) is 0 Å². The number of esters is 1. The van der Waals surface area contributed by atoms with Crippen LogP contribution >= 0.6 is 0 Å². The normalized spacial score (nSPS) is 15.7. The fraction of sp³-hybridized carbons (Fsp3) is 0.243. The molecule has 2 aliphatic heterocycles. The molecule has 0 radical (unpaired) electrons. The summed E-state index contributed by atoms with van der Waals surface area (Å²) >= 11 is 0. The molecule has 0 saturated heterocycles. The van der Waals surface area contributed by atoms with Gasteiger partial charge in [0.25, 0.3) is 0 Å². The molecule has 242 valence electrons. The highest BCUT2D eigenvalue weighted by Crippen LogP contribution is 2.52. The van der Waals surface area contributed by atoms with Crippen molar-refractivity contribution in [3.8, 4) is 46.0 Å². The first-order chi connectivity index (χ1) is 22.9. The Hall–Kier alpha value is -5.64. The highest BCUT2D eigenvalue weighted by atomic mass is 16.5. The van der Waals surface area contributed by atoms with Crippen molar-refractivity contribution in [1.29, 1.82) is 0 Å². The van der Waals surface area contributed by atoms with Gasteiger partial charge >= 0.3 is 5.97 Å². The molecule has 0 saturated carbocycles. The van der Waals surface area contributed by atoms with Crippen molar-refractivity contribution in [2.24, 2.45) is 0 Å². The first kappa shape index (κ1) is 31.3. The number of ketones is 1. The van der Waals surface area contributed by atoms with Crippen LogP contribution in [0.2, 0.25) is 0 Å². The number of ether oxygens (including phenoxy) is 8. The van der Waals surface area contributed by atoms with Crippen LogP contribution in [-0.4, -0.2) is 53.9 Å². The molecule has 10 nitrogen and oxygen atoms in total. The second-order valence-corrected chi connectivity index (χ2v) is 10.8. The first-order valence-corrected chi connectivity index (χ1v) is 14.9. The maximum atomic E-state index is 13.7. The highest BCUT2D eigenvalue weighted by molar-refractivity contribution is 6.15. The molecule has 0 N–H and O–H groups in total. The molecule has 0 amide bonds. The molecule has 0 spiro atoms. The number of carbonyl (C=O) groups excluding carboxylic acids is 2. The van der Waals surface area contributed by atoms with E-state index in [4.69, 9.17) is 37.9 Å². The van der Waals surface area contributed by atoms with Crippen LogP contribution in [0.5, 0.6) is 46.0 Å². The molecular formula is C37H34O10. The number of allylic oxidation sites excluding steroid dienone is 1. The summed E-state index contributed by atoms with van der Waals surface area (Å²) in [4.78, 5) is 26.6. The van der Waals surface area contributed by atoms with Crippen molar-refractivity contribution in [1.82, 2.24) is 0 Å². The predicted octanol–water partition coefficient (Wildman–Crippen LogP) is 6.41. The average molecular weight is 639 g/mol. The number of hydrogen-bond donors (Lipinski definition) is 0. The molecule has 2 aliphatic rings. The van der Waals surface area contributed by atoms with Crippen molar-refractivity contribution in [3.05, 3.63) is 100 Å². The molecular weight excluding hydrogens is 604 g/mol. The van der Waals surface area contributed by atoms with Crippen molar-refractivity contribution >= 4 is 17.8 Å². The smallest absolute Gasteiger partial charge is 0.312 e. The van der Waals surface area contributed by atoms with Crippen LogP contribution in [0.15, 0.2) is 72.5 Å². The van der Waals surface area contributed by atoms with E-state index in [9.17, 15) is 9.59 Å². The van der Waals surface area contributed by atoms with Gasteiger partial charge in [0.1, 0.15) is 17.2 Å². The number of hydrogen-bond acceptors (Lipinski definition) is 10. The van der Waals surface area contributed by atoms with Gasteiger partial charge in [0.05, 0.1) is 54.1 Å². The molecule has 4 aromatic carbocycles. The van der Waals surface area contributed by atoms with Crippen LogP contribution in [0.25, 0.3) is 6.08 Å². The molecule has 10 heteroatoms. The molecule has 0 bridgehead atoms. The maximum absolute atomic E-state index is 13.7. The standard InChI is InChI=1S/C37H34O10/c1-40-23-12-9-21(10-13-23)17-18-45-35-24(7-6-8-28(35)41-2)26-20-31(38)46-27-16-14-25-33(39)30(47-36(25)32(26)27)19-22-11-15-29(42-3)37(44-5)34(22)43-4/h6-16,19,26H,17-18,20H2,1-5H3/b30-19-. The maximum Gasteiger partial charge on any atom is 0.312 e. The van der Waals surface area contributed by atoms with E-state index in [0.717, 1.165) is 11.3 Å². The van der Waals surface area contributed by atoms with Crippen molar-refractivity contribution in [3.63, 3.8) is 0 Å². The van der Waals surface area contributed by atoms with Crippen molar-refractivity contribution in [2.45, 2.75) is 18.8 Å². The summed E-state index contributed by atoms with van der Waals surface area (Å²) in [6, 6.07) is 20.0. The summed E-state index contributed by atoms with van der Waals surface area (Å²) in [6.07, 6.45) is 2.23. The van der Waals surface area contributed by atoms with Gasteiger partial charge in [-0.3, -0.25) is 9.59 Å². The van der Waals surface area contributed by atoms with E-state index < -0.39 is 11.9 Å². The van der Waals surface area contributed by atoms with Gasteiger partial charge < -0.3 is 37.9 Å². The second-order valence-electron chi connectivity index (χ2n) is 10.8. The predicted molar refractivity (Wildman–Crippen MR) is 173 cm³/mol. The third-order valence-electron chi connectivity index (χ3n) is 8.20. The minimum absolute atomic E-state index is 0.00552. The summed E-state index contributed by atoms with van der Waals surface area (Å²) in [6.45, 7) is 0.353. The average Bonchev–Trinajstić information content (AvgIpc) is 3.42. The lowest BCUT2D eigenvalue weighted by molar-refractivity contribution is -0.135. The molecule has 6 rings (SSSR count). The SMILES string of the molecule is COc1ccc(CCOc2c(OC)cccc2C2CC(=O)Oc3ccc4c(c32)O/C(=C\c2ccc(OC)c(OC)c2OC)C4=O)cc1. The summed E-state index contributed by atoms with van der Waals surface area (Å²) in [7, 11) is 7.74. The van der Waals surface area contributed by atoms with Crippen LogP contribution < -0.4 is 37.9 Å². The van der Waals surface area contributed by atoms with Gasteiger partial charge in [-0.1, -0.05) is 24.3 Å². The zero-order chi connectivity index (χ0) is 33.1. The molecule has 2 heterocycles. The van der Waals surface area contributed by atoms with Gasteiger partial charge in [-0.05, 0) is 54.1 Å². The lowest BCUT2D eigenvalue weighted by Gasteiger charge is -2.28. The van der Waals surface area contributed by atoms with Gasteiger partial charge in [-0.25, -0.2) is 0 Å². The van der Waals surface area contributed by atoms with Crippen LogP contribution in [0.4, 0.5) is 0 Å². The Morgan fingerprint density at radius 2 is 1.49 bits per heavy atom. The summed E-state index contributed by atoms with van der Waals surface area (Å²) in [5.74, 6) is 2.48. The molecule has 1 atom stereocenters. The number of methoxy groups -OCH3 is 5. The van der Waals surface area contributed by atoms with Crippen LogP contribution in [0, 0.1) is 0 Å². The van der Waals surface area contributed by atoms with Gasteiger partial charge in [-0.2, -0.15) is 0 Å². The minimum atomic E-state index is -0.546. The van der Waals surface area contributed by atoms with Gasteiger partial charge in [0, 0.05) is 29.0 Å². The van der Waals surface area contributed by atoms with E-state index >= 15 is 0 Å².